The number of thioether (sulfide) groups is 1. The van der Waals surface area contributed by atoms with E-state index in [1.54, 1.807) is 6.26 Å². The lowest BCUT2D eigenvalue weighted by atomic mass is 9.92. The summed E-state index contributed by atoms with van der Waals surface area (Å²) in [6.07, 6.45) is 1.60. The average molecular weight is 446 g/mol. The summed E-state index contributed by atoms with van der Waals surface area (Å²) in [6.45, 7) is 8.58. The fraction of sp³-hybridized carbons (Fsp3) is 0.269. The molecule has 0 saturated heterocycles. The Kier molecular flexibility index (Phi) is 6.61. The normalized spacial score (nSPS) is 11.4. The van der Waals surface area contributed by atoms with Crippen molar-refractivity contribution in [2.24, 2.45) is 0 Å². The number of nitrogens with zero attached hydrogens (tertiary/aromatic N) is 2. The highest BCUT2D eigenvalue weighted by molar-refractivity contribution is 8.00. The van der Waals surface area contributed by atoms with Crippen LogP contribution in [0.2, 0.25) is 0 Å². The molecule has 0 unspecified atom stereocenters. The highest BCUT2D eigenvalue weighted by Crippen LogP contribution is 2.33. The van der Waals surface area contributed by atoms with Crippen LogP contribution in [0.4, 0.5) is 5.69 Å². The van der Waals surface area contributed by atoms with Crippen molar-refractivity contribution in [2.75, 3.05) is 11.1 Å². The predicted octanol–water partition coefficient (Wildman–Crippen LogP) is 6.87. The van der Waals surface area contributed by atoms with Gasteiger partial charge in [0.25, 0.3) is 0 Å². The largest absolute Gasteiger partial charge is 0.461 e. The van der Waals surface area contributed by atoms with Gasteiger partial charge in [0.2, 0.25) is 5.91 Å². The summed E-state index contributed by atoms with van der Waals surface area (Å²) in [5.41, 5.74) is 4.07. The molecule has 2 aromatic carbocycles. The van der Waals surface area contributed by atoms with Gasteiger partial charge in [-0.3, -0.25) is 4.79 Å². The fourth-order valence-electron chi connectivity index (χ4n) is 3.68. The number of nitrogens with one attached hydrogen (secondary N) is 1. The molecule has 0 fully saturated rings. The molecule has 0 aliphatic rings. The summed E-state index contributed by atoms with van der Waals surface area (Å²) in [7, 11) is 0. The zero-order valence-corrected chi connectivity index (χ0v) is 19.6. The molecular weight excluding hydrogens is 418 g/mol. The third kappa shape index (κ3) is 4.70. The first-order valence-electron chi connectivity index (χ1n) is 10.8. The Morgan fingerprint density at radius 1 is 0.938 bits per heavy atom. The molecule has 2 heterocycles. The predicted molar refractivity (Wildman–Crippen MR) is 131 cm³/mol. The lowest BCUT2D eigenvalue weighted by Crippen LogP contribution is -2.17. The Balaban J connectivity index is 1.59. The molecule has 4 rings (SSSR count). The van der Waals surface area contributed by atoms with Crippen molar-refractivity contribution in [3.05, 3.63) is 72.0 Å². The van der Waals surface area contributed by atoms with Crippen LogP contribution in [0.25, 0.3) is 22.5 Å². The number of rotatable bonds is 7. The summed E-state index contributed by atoms with van der Waals surface area (Å²) in [4.78, 5) is 22.3. The Hall–Kier alpha value is -3.12. The van der Waals surface area contributed by atoms with Gasteiger partial charge in [0.05, 0.1) is 17.5 Å². The standard InChI is InChI=1S/C26H27N3O2S/c1-16(2)18-10-7-11-19(17(3)4)24(18)28-23(30)15-32-26-20-9-5-6-12-21(20)27-25(29-26)22-13-8-14-31-22/h5-14,16-17H,15H2,1-4H3,(H,28,30). The van der Waals surface area contributed by atoms with Gasteiger partial charge in [-0.25, -0.2) is 9.97 Å². The number of amides is 1. The van der Waals surface area contributed by atoms with Crippen molar-refractivity contribution in [1.29, 1.82) is 0 Å². The van der Waals surface area contributed by atoms with Crippen molar-refractivity contribution in [3.8, 4) is 11.6 Å². The smallest absolute Gasteiger partial charge is 0.234 e. The number of furan rings is 1. The van der Waals surface area contributed by atoms with Crippen LogP contribution in [0.3, 0.4) is 0 Å². The molecule has 1 N–H and O–H groups in total. The first-order valence-corrected chi connectivity index (χ1v) is 11.8. The van der Waals surface area contributed by atoms with Crippen LogP contribution >= 0.6 is 11.8 Å². The molecule has 0 aliphatic heterocycles. The monoisotopic (exact) mass is 445 g/mol. The maximum absolute atomic E-state index is 13.0. The summed E-state index contributed by atoms with van der Waals surface area (Å²) in [5.74, 6) is 1.96. The van der Waals surface area contributed by atoms with Crippen molar-refractivity contribution >= 4 is 34.3 Å². The maximum atomic E-state index is 13.0. The fourth-order valence-corrected chi connectivity index (χ4v) is 4.50. The molecular formula is C26H27N3O2S. The van der Waals surface area contributed by atoms with E-state index in [-0.39, 0.29) is 11.7 Å². The molecule has 164 valence electrons. The van der Waals surface area contributed by atoms with E-state index < -0.39 is 0 Å². The Morgan fingerprint density at radius 2 is 1.66 bits per heavy atom. The second-order valence-electron chi connectivity index (χ2n) is 8.30. The first kappa shape index (κ1) is 22.1. The zero-order chi connectivity index (χ0) is 22.7. The summed E-state index contributed by atoms with van der Waals surface area (Å²) in [6, 6.07) is 17.7. The molecule has 2 aromatic heterocycles. The number of aromatic nitrogens is 2. The minimum atomic E-state index is -0.0489. The van der Waals surface area contributed by atoms with E-state index in [2.05, 4.69) is 56.2 Å². The molecule has 6 heteroatoms. The van der Waals surface area contributed by atoms with E-state index in [1.165, 1.54) is 11.8 Å². The van der Waals surface area contributed by atoms with Gasteiger partial charge >= 0.3 is 0 Å². The van der Waals surface area contributed by atoms with Crippen molar-refractivity contribution in [2.45, 2.75) is 44.6 Å². The minimum Gasteiger partial charge on any atom is -0.461 e. The molecule has 0 bridgehead atoms. The molecule has 5 nitrogen and oxygen atoms in total. The number of carbonyl (C=O) groups excluding carboxylic acids is 1. The Morgan fingerprint density at radius 3 is 2.31 bits per heavy atom. The van der Waals surface area contributed by atoms with Gasteiger partial charge in [-0.1, -0.05) is 75.9 Å². The third-order valence-electron chi connectivity index (χ3n) is 5.29. The average Bonchev–Trinajstić information content (AvgIpc) is 3.32. The minimum absolute atomic E-state index is 0.0489. The van der Waals surface area contributed by atoms with Crippen LogP contribution in [0.5, 0.6) is 0 Å². The second kappa shape index (κ2) is 9.57. The van der Waals surface area contributed by atoms with Crippen LogP contribution < -0.4 is 5.32 Å². The van der Waals surface area contributed by atoms with Crippen LogP contribution in [0.1, 0.15) is 50.7 Å². The topological polar surface area (TPSA) is 68.0 Å². The molecule has 32 heavy (non-hydrogen) atoms. The van der Waals surface area contributed by atoms with Gasteiger partial charge in [0, 0.05) is 11.1 Å². The number of para-hydroxylation sites is 2. The van der Waals surface area contributed by atoms with Crippen LogP contribution in [0, 0.1) is 0 Å². The van der Waals surface area contributed by atoms with Gasteiger partial charge in [0.15, 0.2) is 11.6 Å². The SMILES string of the molecule is CC(C)c1cccc(C(C)C)c1NC(=O)CSc1nc(-c2ccco2)nc2ccccc12. The van der Waals surface area contributed by atoms with Crippen molar-refractivity contribution in [3.63, 3.8) is 0 Å². The van der Waals surface area contributed by atoms with Gasteiger partial charge in [-0.15, -0.1) is 0 Å². The van der Waals surface area contributed by atoms with E-state index in [1.807, 2.05) is 36.4 Å². The number of hydrogen-bond donors (Lipinski definition) is 1. The van der Waals surface area contributed by atoms with Gasteiger partial charge in [-0.05, 0) is 41.2 Å². The quantitative estimate of drug-likeness (QED) is 0.248. The second-order valence-corrected chi connectivity index (χ2v) is 9.27. The third-order valence-corrected chi connectivity index (χ3v) is 6.28. The van der Waals surface area contributed by atoms with Crippen LogP contribution in [-0.2, 0) is 4.79 Å². The summed E-state index contributed by atoms with van der Waals surface area (Å²) in [5, 5.41) is 4.87. The lowest BCUT2D eigenvalue weighted by molar-refractivity contribution is -0.113. The highest BCUT2D eigenvalue weighted by Gasteiger charge is 2.17. The maximum Gasteiger partial charge on any atom is 0.234 e. The van der Waals surface area contributed by atoms with Gasteiger partial charge < -0.3 is 9.73 Å². The zero-order valence-electron chi connectivity index (χ0n) is 18.8. The Labute approximate surface area is 192 Å². The van der Waals surface area contributed by atoms with E-state index in [0.717, 1.165) is 32.7 Å². The van der Waals surface area contributed by atoms with Crippen molar-refractivity contribution < 1.29 is 9.21 Å². The van der Waals surface area contributed by atoms with Crippen LogP contribution in [-0.4, -0.2) is 21.6 Å². The summed E-state index contributed by atoms with van der Waals surface area (Å²) < 4.78 is 5.49. The van der Waals surface area contributed by atoms with E-state index in [9.17, 15) is 4.79 Å². The molecule has 1 amide bonds. The molecule has 0 radical (unpaired) electrons. The molecule has 0 atom stereocenters. The lowest BCUT2D eigenvalue weighted by Gasteiger charge is -2.20. The molecule has 0 aliphatic carbocycles. The number of anilines is 1. The molecule has 0 spiro atoms. The number of benzene rings is 2. The van der Waals surface area contributed by atoms with E-state index >= 15 is 0 Å². The van der Waals surface area contributed by atoms with Crippen molar-refractivity contribution in [1.82, 2.24) is 9.97 Å². The van der Waals surface area contributed by atoms with Gasteiger partial charge in [-0.2, -0.15) is 0 Å². The number of hydrogen-bond acceptors (Lipinski definition) is 5. The summed E-state index contributed by atoms with van der Waals surface area (Å²) >= 11 is 1.41. The first-order chi connectivity index (χ1) is 15.4. The molecule has 0 saturated carbocycles. The van der Waals surface area contributed by atoms with Crippen LogP contribution in [0.15, 0.2) is 70.3 Å². The number of fused-ring (bicyclic) bond motifs is 1. The molecule has 4 aromatic rings. The van der Waals surface area contributed by atoms with E-state index in [4.69, 9.17) is 9.40 Å². The number of carbonyl (C=O) groups is 1. The van der Waals surface area contributed by atoms with E-state index in [0.29, 0.717) is 23.4 Å². The highest BCUT2D eigenvalue weighted by atomic mass is 32.2. The Bertz CT molecular complexity index is 1210. The van der Waals surface area contributed by atoms with Gasteiger partial charge in [0.1, 0.15) is 5.03 Å².